The summed E-state index contributed by atoms with van der Waals surface area (Å²) in [6, 6.07) is 2.85. The Morgan fingerprint density at radius 3 is 2.26 bits per heavy atom. The molecule has 1 aromatic rings. The number of hydrazine groups is 1. The SMILES string of the molecule is O=C(O)CCC(=O)C(=O)NNC(=O)c1ccncc1. The molecule has 1 heterocycles. The Balaban J connectivity index is 2.40. The van der Waals surface area contributed by atoms with Gasteiger partial charge in [0.25, 0.3) is 5.91 Å². The molecule has 0 fully saturated rings. The molecule has 0 aliphatic rings. The van der Waals surface area contributed by atoms with E-state index in [1.54, 1.807) is 0 Å². The van der Waals surface area contributed by atoms with E-state index >= 15 is 0 Å². The predicted molar refractivity (Wildman–Crippen MR) is 61.7 cm³/mol. The first-order valence-electron chi connectivity index (χ1n) is 5.26. The minimum Gasteiger partial charge on any atom is -0.481 e. The Labute approximate surface area is 107 Å². The van der Waals surface area contributed by atoms with Crippen molar-refractivity contribution in [2.24, 2.45) is 0 Å². The Morgan fingerprint density at radius 1 is 1.05 bits per heavy atom. The zero-order valence-electron chi connectivity index (χ0n) is 9.75. The van der Waals surface area contributed by atoms with E-state index in [2.05, 4.69) is 4.98 Å². The molecule has 8 heteroatoms. The van der Waals surface area contributed by atoms with Crippen molar-refractivity contribution in [3.63, 3.8) is 0 Å². The number of hydrogen-bond donors (Lipinski definition) is 3. The molecule has 19 heavy (non-hydrogen) atoms. The minimum atomic E-state index is -1.18. The zero-order valence-corrected chi connectivity index (χ0v) is 9.75. The molecule has 0 atom stereocenters. The number of amides is 2. The molecule has 3 N–H and O–H groups in total. The van der Waals surface area contributed by atoms with Gasteiger partial charge in [-0.1, -0.05) is 0 Å². The fraction of sp³-hybridized carbons (Fsp3) is 0.182. The topological polar surface area (TPSA) is 125 Å². The lowest BCUT2D eigenvalue weighted by atomic mass is 10.2. The monoisotopic (exact) mass is 265 g/mol. The van der Waals surface area contributed by atoms with Crippen molar-refractivity contribution in [1.82, 2.24) is 15.8 Å². The maximum absolute atomic E-state index is 11.5. The van der Waals surface area contributed by atoms with E-state index in [9.17, 15) is 19.2 Å². The van der Waals surface area contributed by atoms with Crippen molar-refractivity contribution >= 4 is 23.6 Å². The van der Waals surface area contributed by atoms with Crippen LogP contribution in [0.2, 0.25) is 0 Å². The fourth-order valence-electron chi connectivity index (χ4n) is 1.09. The highest BCUT2D eigenvalue weighted by Crippen LogP contribution is 1.95. The molecular formula is C11H11N3O5. The summed E-state index contributed by atoms with van der Waals surface area (Å²) in [5, 5.41) is 8.35. The number of carboxylic acid groups (broad SMARTS) is 1. The van der Waals surface area contributed by atoms with Crippen LogP contribution in [0.4, 0.5) is 0 Å². The third-order valence-electron chi connectivity index (χ3n) is 2.05. The van der Waals surface area contributed by atoms with Gasteiger partial charge in [-0.2, -0.15) is 0 Å². The molecule has 0 aliphatic carbocycles. The second-order valence-corrected chi connectivity index (χ2v) is 3.46. The molecule has 0 saturated carbocycles. The van der Waals surface area contributed by atoms with E-state index in [0.717, 1.165) is 0 Å². The summed E-state index contributed by atoms with van der Waals surface area (Å²) in [7, 11) is 0. The second kappa shape index (κ2) is 6.84. The second-order valence-electron chi connectivity index (χ2n) is 3.46. The number of pyridine rings is 1. The number of ketones is 1. The number of rotatable bonds is 5. The summed E-state index contributed by atoms with van der Waals surface area (Å²) >= 11 is 0. The van der Waals surface area contributed by atoms with Crippen LogP contribution in [0.25, 0.3) is 0 Å². The number of aromatic nitrogens is 1. The van der Waals surface area contributed by atoms with Gasteiger partial charge < -0.3 is 5.11 Å². The molecular weight excluding hydrogens is 254 g/mol. The minimum absolute atomic E-state index is 0.258. The van der Waals surface area contributed by atoms with Gasteiger partial charge in [-0.05, 0) is 12.1 Å². The standard InChI is InChI=1S/C11H11N3O5/c15-8(1-2-9(16)17)11(19)14-13-10(18)7-3-5-12-6-4-7/h3-6H,1-2H2,(H,13,18)(H,14,19)(H,16,17). The lowest BCUT2D eigenvalue weighted by Crippen LogP contribution is -2.44. The molecule has 0 aromatic carbocycles. The van der Waals surface area contributed by atoms with Crippen molar-refractivity contribution in [2.75, 3.05) is 0 Å². The first-order chi connectivity index (χ1) is 9.00. The first kappa shape index (κ1) is 14.3. The van der Waals surface area contributed by atoms with Gasteiger partial charge in [0.05, 0.1) is 6.42 Å². The summed E-state index contributed by atoms with van der Waals surface area (Å²) in [5.41, 5.74) is 4.19. The molecule has 1 rings (SSSR count). The summed E-state index contributed by atoms with van der Waals surface area (Å²) in [6.45, 7) is 0. The van der Waals surface area contributed by atoms with Gasteiger partial charge in [0.1, 0.15) is 0 Å². The van der Waals surface area contributed by atoms with Gasteiger partial charge in [0.2, 0.25) is 5.78 Å². The third-order valence-corrected chi connectivity index (χ3v) is 2.05. The van der Waals surface area contributed by atoms with E-state index in [-0.39, 0.29) is 5.56 Å². The van der Waals surface area contributed by atoms with Crippen LogP contribution in [0.15, 0.2) is 24.5 Å². The zero-order chi connectivity index (χ0) is 14.3. The van der Waals surface area contributed by atoms with Crippen LogP contribution in [0.5, 0.6) is 0 Å². The summed E-state index contributed by atoms with van der Waals surface area (Å²) in [6.07, 6.45) is 1.93. The highest BCUT2D eigenvalue weighted by molar-refractivity contribution is 6.36. The van der Waals surface area contributed by atoms with Gasteiger partial charge in [-0.25, -0.2) is 0 Å². The van der Waals surface area contributed by atoms with Crippen molar-refractivity contribution in [3.8, 4) is 0 Å². The number of carboxylic acids is 1. The summed E-state index contributed by atoms with van der Waals surface area (Å²) in [4.78, 5) is 47.8. The average Bonchev–Trinajstić information content (AvgIpc) is 2.42. The number of hydrogen-bond acceptors (Lipinski definition) is 5. The number of Topliss-reactive ketones (excluding diaryl/α,β-unsaturated/α-hetero) is 1. The molecule has 2 amide bonds. The molecule has 0 spiro atoms. The van der Waals surface area contributed by atoms with Crippen LogP contribution in [0, 0.1) is 0 Å². The van der Waals surface area contributed by atoms with Gasteiger partial charge in [0.15, 0.2) is 0 Å². The number of nitrogens with zero attached hydrogens (tertiary/aromatic N) is 1. The predicted octanol–water partition coefficient (Wildman–Crippen LogP) is -0.723. The van der Waals surface area contributed by atoms with Gasteiger partial charge in [-0.15, -0.1) is 0 Å². The maximum atomic E-state index is 11.5. The summed E-state index contributed by atoms with van der Waals surface area (Å²) in [5.74, 6) is -3.77. The Bertz CT molecular complexity index is 500. The first-order valence-corrected chi connectivity index (χ1v) is 5.26. The van der Waals surface area contributed by atoms with Gasteiger partial charge in [-0.3, -0.25) is 35.0 Å². The van der Waals surface area contributed by atoms with E-state index in [4.69, 9.17) is 5.11 Å². The average molecular weight is 265 g/mol. The normalized spacial score (nSPS) is 9.47. The van der Waals surface area contributed by atoms with Crippen LogP contribution >= 0.6 is 0 Å². The Kier molecular flexibility index (Phi) is 5.15. The molecule has 1 aromatic heterocycles. The van der Waals surface area contributed by atoms with Crippen LogP contribution in [-0.4, -0.2) is 33.7 Å². The lowest BCUT2D eigenvalue weighted by Gasteiger charge is -2.05. The van der Waals surface area contributed by atoms with Crippen molar-refractivity contribution in [3.05, 3.63) is 30.1 Å². The summed E-state index contributed by atoms with van der Waals surface area (Å²) < 4.78 is 0. The number of nitrogens with one attached hydrogen (secondary N) is 2. The maximum Gasteiger partial charge on any atom is 0.305 e. The largest absolute Gasteiger partial charge is 0.481 e. The molecule has 8 nitrogen and oxygen atoms in total. The van der Waals surface area contributed by atoms with Crippen LogP contribution < -0.4 is 10.9 Å². The van der Waals surface area contributed by atoms with E-state index in [1.807, 2.05) is 10.9 Å². The van der Waals surface area contributed by atoms with Crippen LogP contribution in [-0.2, 0) is 14.4 Å². The number of carbonyl (C=O) groups is 4. The van der Waals surface area contributed by atoms with Gasteiger partial charge in [0, 0.05) is 24.4 Å². The Hall–Kier alpha value is -2.77. The molecule has 0 unspecified atom stereocenters. The van der Waals surface area contributed by atoms with Gasteiger partial charge >= 0.3 is 11.9 Å². The van der Waals surface area contributed by atoms with E-state index in [1.165, 1.54) is 24.5 Å². The molecule has 0 bridgehead atoms. The molecule has 100 valence electrons. The van der Waals surface area contributed by atoms with Crippen molar-refractivity contribution in [2.45, 2.75) is 12.8 Å². The van der Waals surface area contributed by atoms with Crippen LogP contribution in [0.3, 0.4) is 0 Å². The number of aliphatic carboxylic acids is 1. The number of carbonyl (C=O) groups excluding carboxylic acids is 3. The third kappa shape index (κ3) is 4.94. The molecule has 0 aliphatic heterocycles. The van der Waals surface area contributed by atoms with E-state index in [0.29, 0.717) is 0 Å². The van der Waals surface area contributed by atoms with Crippen LogP contribution in [0.1, 0.15) is 23.2 Å². The smallest absolute Gasteiger partial charge is 0.305 e. The quantitative estimate of drug-likeness (QED) is 0.476. The lowest BCUT2D eigenvalue weighted by molar-refractivity contribution is -0.141. The molecule has 0 radical (unpaired) electrons. The highest BCUT2D eigenvalue weighted by atomic mass is 16.4. The Morgan fingerprint density at radius 2 is 1.68 bits per heavy atom. The highest BCUT2D eigenvalue weighted by Gasteiger charge is 2.15. The molecule has 0 saturated heterocycles. The van der Waals surface area contributed by atoms with Crippen molar-refractivity contribution < 1.29 is 24.3 Å². The fourth-order valence-corrected chi connectivity index (χ4v) is 1.09. The van der Waals surface area contributed by atoms with E-state index < -0.39 is 36.4 Å². The van der Waals surface area contributed by atoms with Crippen molar-refractivity contribution in [1.29, 1.82) is 0 Å².